The van der Waals surface area contributed by atoms with Gasteiger partial charge in [-0.05, 0) is 25.1 Å². The summed E-state index contributed by atoms with van der Waals surface area (Å²) >= 11 is 0. The largest absolute Gasteiger partial charge is 0.273 e. The molecule has 1 aromatic heterocycles. The van der Waals surface area contributed by atoms with E-state index in [1.807, 2.05) is 6.92 Å². The molecule has 0 aliphatic carbocycles. The Morgan fingerprint density at radius 2 is 2.05 bits per heavy atom. The number of rotatable bonds is 5. The highest BCUT2D eigenvalue weighted by Crippen LogP contribution is 2.14. The van der Waals surface area contributed by atoms with Gasteiger partial charge in [-0.2, -0.15) is 5.10 Å². The molecule has 0 aliphatic heterocycles. The molecule has 1 heterocycles. The smallest absolute Gasteiger partial charge is 0.240 e. The first-order valence-corrected chi connectivity index (χ1v) is 7.36. The maximum atomic E-state index is 13.0. The van der Waals surface area contributed by atoms with E-state index < -0.39 is 21.7 Å². The molecule has 0 radical (unpaired) electrons. The van der Waals surface area contributed by atoms with Crippen LogP contribution in [0.15, 0.2) is 35.5 Å². The van der Waals surface area contributed by atoms with E-state index in [9.17, 15) is 17.2 Å². The van der Waals surface area contributed by atoms with Gasteiger partial charge in [-0.3, -0.25) is 4.68 Å². The van der Waals surface area contributed by atoms with Gasteiger partial charge in [0.2, 0.25) is 10.0 Å². The Morgan fingerprint density at radius 3 is 2.65 bits per heavy atom. The van der Waals surface area contributed by atoms with Crippen LogP contribution in [-0.4, -0.2) is 18.2 Å². The van der Waals surface area contributed by atoms with Crippen LogP contribution in [0.3, 0.4) is 0 Å². The van der Waals surface area contributed by atoms with E-state index >= 15 is 0 Å². The van der Waals surface area contributed by atoms with Gasteiger partial charge in [0.05, 0.1) is 11.1 Å². The number of aromatic nitrogens is 2. The number of aryl methyl sites for hydroxylation is 1. The molecule has 2 aromatic rings. The Balaban J connectivity index is 2.12. The second-order valence-corrected chi connectivity index (χ2v) is 5.87. The van der Waals surface area contributed by atoms with Gasteiger partial charge in [-0.15, -0.1) is 0 Å². The molecular weight excluding hydrogens is 288 g/mol. The Morgan fingerprint density at radius 1 is 1.30 bits per heavy atom. The Hall–Kier alpha value is -1.80. The normalized spacial score (nSPS) is 11.8. The third-order valence-electron chi connectivity index (χ3n) is 2.68. The molecule has 0 unspecified atom stereocenters. The standard InChI is InChI=1S/C12H13F2N3O2S/c1-2-17-8-9(6-15-17)7-16-20(18,19)10-3-4-11(13)12(14)5-10/h3-6,8,16H,2,7H2,1H3. The van der Waals surface area contributed by atoms with Gasteiger partial charge < -0.3 is 0 Å². The molecule has 0 bridgehead atoms. The van der Waals surface area contributed by atoms with E-state index in [1.54, 1.807) is 10.9 Å². The number of nitrogens with one attached hydrogen (secondary N) is 1. The van der Waals surface area contributed by atoms with Crippen LogP contribution < -0.4 is 4.72 Å². The minimum atomic E-state index is -3.89. The summed E-state index contributed by atoms with van der Waals surface area (Å²) in [6, 6.07) is 2.43. The molecule has 20 heavy (non-hydrogen) atoms. The number of nitrogens with zero attached hydrogens (tertiary/aromatic N) is 2. The third kappa shape index (κ3) is 3.20. The maximum Gasteiger partial charge on any atom is 0.240 e. The highest BCUT2D eigenvalue weighted by molar-refractivity contribution is 7.89. The summed E-state index contributed by atoms with van der Waals surface area (Å²) in [5.74, 6) is -2.29. The first-order valence-electron chi connectivity index (χ1n) is 5.88. The lowest BCUT2D eigenvalue weighted by molar-refractivity contribution is 0.504. The molecule has 0 saturated carbocycles. The lowest BCUT2D eigenvalue weighted by atomic mass is 10.3. The Bertz CT molecular complexity index is 713. The molecule has 8 heteroatoms. The van der Waals surface area contributed by atoms with Gasteiger partial charge >= 0.3 is 0 Å². The van der Waals surface area contributed by atoms with Gasteiger partial charge in [0.1, 0.15) is 0 Å². The molecule has 5 nitrogen and oxygen atoms in total. The predicted molar refractivity (Wildman–Crippen MR) is 68.3 cm³/mol. The fourth-order valence-corrected chi connectivity index (χ4v) is 2.61. The average molecular weight is 301 g/mol. The number of sulfonamides is 1. The lowest BCUT2D eigenvalue weighted by Gasteiger charge is -2.05. The number of benzene rings is 1. The van der Waals surface area contributed by atoms with Crippen LogP contribution in [0.1, 0.15) is 12.5 Å². The van der Waals surface area contributed by atoms with Gasteiger partial charge in [-0.25, -0.2) is 21.9 Å². The van der Waals surface area contributed by atoms with E-state index in [0.29, 0.717) is 18.2 Å². The monoisotopic (exact) mass is 301 g/mol. The molecule has 2 rings (SSSR count). The molecular formula is C12H13F2N3O2S. The van der Waals surface area contributed by atoms with Crippen molar-refractivity contribution in [1.82, 2.24) is 14.5 Å². The van der Waals surface area contributed by atoms with Crippen molar-refractivity contribution in [3.63, 3.8) is 0 Å². The minimum absolute atomic E-state index is 0.0291. The molecule has 0 fully saturated rings. The van der Waals surface area contributed by atoms with Crippen LogP contribution in [0.5, 0.6) is 0 Å². The number of halogens is 2. The fourth-order valence-electron chi connectivity index (χ4n) is 1.58. The van der Waals surface area contributed by atoms with Gasteiger partial charge in [0.15, 0.2) is 11.6 Å². The minimum Gasteiger partial charge on any atom is -0.273 e. The van der Waals surface area contributed by atoms with Crippen molar-refractivity contribution in [2.75, 3.05) is 0 Å². The first kappa shape index (κ1) is 14.6. The summed E-state index contributed by atoms with van der Waals surface area (Å²) in [5.41, 5.74) is 0.679. The zero-order valence-corrected chi connectivity index (χ0v) is 11.5. The van der Waals surface area contributed by atoms with E-state index in [-0.39, 0.29) is 11.4 Å². The van der Waals surface area contributed by atoms with Gasteiger partial charge in [0.25, 0.3) is 0 Å². The maximum absolute atomic E-state index is 13.0. The SMILES string of the molecule is CCn1cc(CNS(=O)(=O)c2ccc(F)c(F)c2)cn1. The molecule has 0 spiro atoms. The van der Waals surface area contributed by atoms with Crippen molar-refractivity contribution in [2.45, 2.75) is 24.9 Å². The molecule has 1 aromatic carbocycles. The predicted octanol–water partition coefficient (Wildman–Crippen LogP) is 1.66. The van der Waals surface area contributed by atoms with Crippen LogP contribution >= 0.6 is 0 Å². The number of hydrogen-bond donors (Lipinski definition) is 1. The number of hydrogen-bond acceptors (Lipinski definition) is 3. The zero-order valence-electron chi connectivity index (χ0n) is 10.7. The van der Waals surface area contributed by atoms with Crippen molar-refractivity contribution >= 4 is 10.0 Å². The summed E-state index contributed by atoms with van der Waals surface area (Å²) in [4.78, 5) is -0.320. The fraction of sp³-hybridized carbons (Fsp3) is 0.250. The van der Waals surface area contributed by atoms with Crippen LogP contribution in [0.2, 0.25) is 0 Å². The molecule has 0 aliphatic rings. The van der Waals surface area contributed by atoms with Crippen molar-refractivity contribution in [3.8, 4) is 0 Å². The second-order valence-electron chi connectivity index (χ2n) is 4.10. The Kier molecular flexibility index (Phi) is 4.15. The topological polar surface area (TPSA) is 64.0 Å². The molecule has 108 valence electrons. The lowest BCUT2D eigenvalue weighted by Crippen LogP contribution is -2.23. The van der Waals surface area contributed by atoms with Gasteiger partial charge in [-0.1, -0.05) is 0 Å². The van der Waals surface area contributed by atoms with Crippen LogP contribution in [-0.2, 0) is 23.1 Å². The zero-order chi connectivity index (χ0) is 14.8. The quantitative estimate of drug-likeness (QED) is 0.913. The molecule has 0 saturated heterocycles. The van der Waals surface area contributed by atoms with Crippen molar-refractivity contribution in [1.29, 1.82) is 0 Å². The summed E-state index contributed by atoms with van der Waals surface area (Å²) in [6.45, 7) is 2.61. The summed E-state index contributed by atoms with van der Waals surface area (Å²) in [6.07, 6.45) is 3.24. The average Bonchev–Trinajstić information content (AvgIpc) is 2.87. The van der Waals surface area contributed by atoms with Crippen molar-refractivity contribution in [3.05, 3.63) is 47.8 Å². The van der Waals surface area contributed by atoms with Crippen LogP contribution in [0, 0.1) is 11.6 Å². The summed E-state index contributed by atoms with van der Waals surface area (Å²) < 4.78 is 53.6. The van der Waals surface area contributed by atoms with Crippen LogP contribution in [0.25, 0.3) is 0 Å². The summed E-state index contributed by atoms with van der Waals surface area (Å²) in [7, 11) is -3.89. The van der Waals surface area contributed by atoms with E-state index in [4.69, 9.17) is 0 Å². The van der Waals surface area contributed by atoms with E-state index in [2.05, 4.69) is 9.82 Å². The van der Waals surface area contributed by atoms with Crippen molar-refractivity contribution in [2.24, 2.45) is 0 Å². The molecule has 0 amide bonds. The van der Waals surface area contributed by atoms with Crippen molar-refractivity contribution < 1.29 is 17.2 Å². The van der Waals surface area contributed by atoms with Crippen LogP contribution in [0.4, 0.5) is 8.78 Å². The van der Waals surface area contributed by atoms with E-state index in [1.165, 1.54) is 6.20 Å². The van der Waals surface area contributed by atoms with E-state index in [0.717, 1.165) is 12.1 Å². The molecule has 0 atom stereocenters. The highest BCUT2D eigenvalue weighted by Gasteiger charge is 2.16. The molecule has 1 N–H and O–H groups in total. The third-order valence-corrected chi connectivity index (χ3v) is 4.08. The first-order chi connectivity index (χ1) is 9.42. The second kappa shape index (κ2) is 5.68. The van der Waals surface area contributed by atoms with Gasteiger partial charge in [0, 0.05) is 24.8 Å². The highest BCUT2D eigenvalue weighted by atomic mass is 32.2. The Labute approximate surface area is 115 Å². The summed E-state index contributed by atoms with van der Waals surface area (Å²) in [5, 5.41) is 4.01.